The van der Waals surface area contributed by atoms with Gasteiger partial charge in [0.2, 0.25) is 5.91 Å². The number of anilines is 1. The fourth-order valence-electron chi connectivity index (χ4n) is 3.42. The number of ether oxygens (including phenoxy) is 2. The predicted octanol–water partition coefficient (Wildman–Crippen LogP) is 2.54. The van der Waals surface area contributed by atoms with E-state index in [4.69, 9.17) is 9.47 Å². The van der Waals surface area contributed by atoms with Crippen molar-refractivity contribution >= 4 is 17.5 Å². The van der Waals surface area contributed by atoms with E-state index >= 15 is 0 Å². The first-order valence-electron chi connectivity index (χ1n) is 9.69. The van der Waals surface area contributed by atoms with Crippen LogP contribution in [0.4, 0.5) is 5.69 Å². The average molecular weight is 397 g/mol. The number of methoxy groups -OCH3 is 2. The van der Waals surface area contributed by atoms with Gasteiger partial charge in [0.1, 0.15) is 11.5 Å². The summed E-state index contributed by atoms with van der Waals surface area (Å²) in [6.07, 6.45) is 1.58. The summed E-state index contributed by atoms with van der Waals surface area (Å²) in [5.41, 5.74) is 1.25. The molecule has 1 heterocycles. The van der Waals surface area contributed by atoms with E-state index in [9.17, 15) is 9.59 Å². The van der Waals surface area contributed by atoms with Crippen LogP contribution in [-0.4, -0.2) is 56.6 Å². The monoisotopic (exact) mass is 397 g/mol. The number of piperidine rings is 1. The van der Waals surface area contributed by atoms with Crippen molar-refractivity contribution in [3.8, 4) is 11.5 Å². The maximum atomic E-state index is 12.7. The summed E-state index contributed by atoms with van der Waals surface area (Å²) < 4.78 is 10.5. The number of nitrogens with one attached hydrogen (secondary N) is 2. The molecular weight excluding hydrogens is 370 g/mol. The van der Waals surface area contributed by atoms with Crippen LogP contribution in [0, 0.1) is 0 Å². The Balaban J connectivity index is 1.48. The van der Waals surface area contributed by atoms with Gasteiger partial charge < -0.3 is 20.1 Å². The number of hydrogen-bond donors (Lipinski definition) is 2. The van der Waals surface area contributed by atoms with Crippen LogP contribution in [-0.2, 0) is 4.79 Å². The van der Waals surface area contributed by atoms with E-state index in [0.29, 0.717) is 23.6 Å². The Morgan fingerprint density at radius 3 is 2.41 bits per heavy atom. The van der Waals surface area contributed by atoms with Crippen LogP contribution in [0.15, 0.2) is 48.5 Å². The maximum absolute atomic E-state index is 12.7. The summed E-state index contributed by atoms with van der Waals surface area (Å²) in [7, 11) is 3.10. The van der Waals surface area contributed by atoms with Gasteiger partial charge in [-0.2, -0.15) is 0 Å². The molecule has 0 spiro atoms. The van der Waals surface area contributed by atoms with E-state index in [2.05, 4.69) is 15.5 Å². The van der Waals surface area contributed by atoms with Gasteiger partial charge in [0.25, 0.3) is 5.91 Å². The molecule has 0 saturated carbocycles. The molecule has 0 aromatic heterocycles. The number of likely N-dealkylation sites (tertiary alicyclic amines) is 1. The maximum Gasteiger partial charge on any atom is 0.255 e. The Hall–Kier alpha value is -3.06. The SMILES string of the molecule is COc1ccc(OC)c(C(=O)NC2CCN(CC(=O)Nc3ccccc3)CC2)c1. The zero-order valence-electron chi connectivity index (χ0n) is 16.8. The second-order valence-corrected chi connectivity index (χ2v) is 7.00. The Labute approximate surface area is 171 Å². The van der Waals surface area contributed by atoms with E-state index in [-0.39, 0.29) is 17.9 Å². The highest BCUT2D eigenvalue weighted by atomic mass is 16.5. The van der Waals surface area contributed by atoms with Crippen molar-refractivity contribution in [1.29, 1.82) is 0 Å². The molecule has 0 radical (unpaired) electrons. The Morgan fingerprint density at radius 1 is 1.03 bits per heavy atom. The number of amides is 2. The van der Waals surface area contributed by atoms with Crippen molar-refractivity contribution < 1.29 is 19.1 Å². The molecule has 2 N–H and O–H groups in total. The quantitative estimate of drug-likeness (QED) is 0.751. The van der Waals surface area contributed by atoms with Gasteiger partial charge in [-0.05, 0) is 43.2 Å². The average Bonchev–Trinajstić information content (AvgIpc) is 2.75. The molecule has 2 amide bonds. The third kappa shape index (κ3) is 5.71. The minimum Gasteiger partial charge on any atom is -0.497 e. The first-order valence-corrected chi connectivity index (χ1v) is 9.69. The van der Waals surface area contributed by atoms with Crippen molar-refractivity contribution in [1.82, 2.24) is 10.2 Å². The molecule has 7 heteroatoms. The number of rotatable bonds is 7. The van der Waals surface area contributed by atoms with Crippen LogP contribution in [0.25, 0.3) is 0 Å². The lowest BCUT2D eigenvalue weighted by Gasteiger charge is -2.32. The van der Waals surface area contributed by atoms with Crippen molar-refractivity contribution in [3.05, 3.63) is 54.1 Å². The van der Waals surface area contributed by atoms with Crippen LogP contribution < -0.4 is 20.1 Å². The molecule has 29 heavy (non-hydrogen) atoms. The summed E-state index contributed by atoms with van der Waals surface area (Å²) >= 11 is 0. The summed E-state index contributed by atoms with van der Waals surface area (Å²) in [6, 6.07) is 14.6. The Kier molecular flexibility index (Phi) is 7.08. The van der Waals surface area contributed by atoms with Gasteiger partial charge in [-0.15, -0.1) is 0 Å². The molecule has 1 fully saturated rings. The van der Waals surface area contributed by atoms with Crippen LogP contribution in [0.3, 0.4) is 0 Å². The lowest BCUT2D eigenvalue weighted by molar-refractivity contribution is -0.117. The number of para-hydroxylation sites is 1. The van der Waals surface area contributed by atoms with Crippen molar-refractivity contribution in [2.75, 3.05) is 39.2 Å². The van der Waals surface area contributed by atoms with Crippen molar-refractivity contribution in [2.24, 2.45) is 0 Å². The van der Waals surface area contributed by atoms with Crippen LogP contribution in [0.1, 0.15) is 23.2 Å². The van der Waals surface area contributed by atoms with Gasteiger partial charge in [-0.25, -0.2) is 0 Å². The molecule has 1 aliphatic heterocycles. The Bertz CT molecular complexity index is 833. The first-order chi connectivity index (χ1) is 14.1. The first kappa shape index (κ1) is 20.7. The second kappa shape index (κ2) is 9.93. The molecule has 2 aromatic rings. The lowest BCUT2D eigenvalue weighted by Crippen LogP contribution is -2.46. The summed E-state index contributed by atoms with van der Waals surface area (Å²) in [4.78, 5) is 27.0. The minimum absolute atomic E-state index is 0.0280. The third-order valence-corrected chi connectivity index (χ3v) is 5.00. The number of benzene rings is 2. The van der Waals surface area contributed by atoms with Gasteiger partial charge in [0.15, 0.2) is 0 Å². The summed E-state index contributed by atoms with van der Waals surface area (Å²) in [6.45, 7) is 1.85. The Morgan fingerprint density at radius 2 is 1.76 bits per heavy atom. The van der Waals surface area contributed by atoms with Gasteiger partial charge in [0, 0.05) is 24.8 Å². The van der Waals surface area contributed by atoms with E-state index in [1.807, 2.05) is 30.3 Å². The molecular formula is C22H27N3O4. The topological polar surface area (TPSA) is 79.9 Å². The third-order valence-electron chi connectivity index (χ3n) is 5.00. The number of hydrogen-bond acceptors (Lipinski definition) is 5. The summed E-state index contributed by atoms with van der Waals surface area (Å²) in [5.74, 6) is 0.911. The van der Waals surface area contributed by atoms with Crippen LogP contribution >= 0.6 is 0 Å². The van der Waals surface area contributed by atoms with E-state index in [0.717, 1.165) is 31.6 Å². The van der Waals surface area contributed by atoms with E-state index in [1.165, 1.54) is 7.11 Å². The number of nitrogens with zero attached hydrogens (tertiary/aromatic N) is 1. The number of carbonyl (C=O) groups excluding carboxylic acids is 2. The lowest BCUT2D eigenvalue weighted by atomic mass is 10.0. The molecule has 0 bridgehead atoms. The van der Waals surface area contributed by atoms with Gasteiger partial charge in [0.05, 0.1) is 26.3 Å². The van der Waals surface area contributed by atoms with Gasteiger partial charge in [-0.1, -0.05) is 18.2 Å². The highest BCUT2D eigenvalue weighted by Crippen LogP contribution is 2.24. The molecule has 3 rings (SSSR count). The van der Waals surface area contributed by atoms with E-state index in [1.54, 1.807) is 25.3 Å². The summed E-state index contributed by atoms with van der Waals surface area (Å²) in [5, 5.41) is 5.97. The minimum atomic E-state index is -0.180. The molecule has 0 aliphatic carbocycles. The fraction of sp³-hybridized carbons (Fsp3) is 0.364. The molecule has 2 aromatic carbocycles. The normalized spacial score (nSPS) is 14.8. The van der Waals surface area contributed by atoms with E-state index < -0.39 is 0 Å². The zero-order chi connectivity index (χ0) is 20.6. The molecule has 7 nitrogen and oxygen atoms in total. The highest BCUT2D eigenvalue weighted by molar-refractivity contribution is 5.97. The molecule has 154 valence electrons. The van der Waals surface area contributed by atoms with Crippen molar-refractivity contribution in [2.45, 2.75) is 18.9 Å². The van der Waals surface area contributed by atoms with Crippen molar-refractivity contribution in [3.63, 3.8) is 0 Å². The molecule has 0 atom stereocenters. The fourth-order valence-corrected chi connectivity index (χ4v) is 3.42. The second-order valence-electron chi connectivity index (χ2n) is 7.00. The largest absolute Gasteiger partial charge is 0.497 e. The molecule has 1 saturated heterocycles. The molecule has 0 unspecified atom stereocenters. The highest BCUT2D eigenvalue weighted by Gasteiger charge is 2.24. The van der Waals surface area contributed by atoms with Crippen LogP contribution in [0.5, 0.6) is 11.5 Å². The molecule has 1 aliphatic rings. The van der Waals surface area contributed by atoms with Gasteiger partial charge in [-0.3, -0.25) is 14.5 Å². The standard InChI is InChI=1S/C22H27N3O4/c1-28-18-8-9-20(29-2)19(14-18)22(27)24-17-10-12-25(13-11-17)15-21(26)23-16-6-4-3-5-7-16/h3-9,14,17H,10-13,15H2,1-2H3,(H,23,26)(H,24,27). The van der Waals surface area contributed by atoms with Gasteiger partial charge >= 0.3 is 0 Å². The predicted molar refractivity (Wildman–Crippen MR) is 112 cm³/mol. The zero-order valence-corrected chi connectivity index (χ0v) is 16.8. The number of carbonyl (C=O) groups is 2. The smallest absolute Gasteiger partial charge is 0.255 e. The van der Waals surface area contributed by atoms with Crippen LogP contribution in [0.2, 0.25) is 0 Å².